The summed E-state index contributed by atoms with van der Waals surface area (Å²) >= 11 is 0. The van der Waals surface area contributed by atoms with Crippen molar-refractivity contribution in [1.29, 1.82) is 5.41 Å². The molecule has 8 N–H and O–H groups in total. The number of nitrogen functional groups attached to an aromatic ring is 1. The number of hydrogen-bond acceptors (Lipinski definition) is 8. The van der Waals surface area contributed by atoms with Gasteiger partial charge in [0.05, 0.1) is 11.8 Å². The average molecular weight is 614 g/mol. The first-order chi connectivity index (χ1) is 19.9. The maximum Gasteiger partial charge on any atom is 0.336 e. The molecule has 0 spiro atoms. The summed E-state index contributed by atoms with van der Waals surface area (Å²) in [6.45, 7) is 4.96. The molecule has 1 unspecified atom stereocenters. The third-order valence-electron chi connectivity index (χ3n) is 5.72. The number of pyridine rings is 1. The van der Waals surface area contributed by atoms with Crippen molar-refractivity contribution in [3.63, 3.8) is 0 Å². The topological polar surface area (TPSA) is 250 Å². The van der Waals surface area contributed by atoms with Crippen LogP contribution in [0.3, 0.4) is 0 Å². The fourth-order valence-electron chi connectivity index (χ4n) is 3.71. The highest BCUT2D eigenvalue weighted by Crippen LogP contribution is 2.29. The predicted molar refractivity (Wildman–Crippen MR) is 158 cm³/mol. The van der Waals surface area contributed by atoms with E-state index in [0.29, 0.717) is 23.2 Å². The predicted octanol–water partition coefficient (Wildman–Crippen LogP) is 2.63. The lowest BCUT2D eigenvalue weighted by molar-refractivity contribution is -0.140. The van der Waals surface area contributed by atoms with E-state index < -0.39 is 45.8 Å². The molecule has 0 aliphatic carbocycles. The number of carboxylic acids is 2. The normalized spacial score (nSPS) is 11.5. The molecule has 1 heterocycles. The molecule has 43 heavy (non-hydrogen) atoms. The van der Waals surface area contributed by atoms with Crippen LogP contribution >= 0.6 is 0 Å². The lowest BCUT2D eigenvalue weighted by atomic mass is 9.95. The Morgan fingerprint density at radius 3 is 1.93 bits per heavy atom. The number of nitrogens with zero attached hydrogens (tertiary/aromatic N) is 1. The van der Waals surface area contributed by atoms with Crippen LogP contribution < -0.4 is 16.4 Å². The largest absolute Gasteiger partial charge is 0.480 e. The van der Waals surface area contributed by atoms with Crippen molar-refractivity contribution in [2.75, 3.05) is 11.6 Å². The van der Waals surface area contributed by atoms with Gasteiger partial charge in [-0.1, -0.05) is 26.0 Å². The van der Waals surface area contributed by atoms with Gasteiger partial charge in [0.15, 0.2) is 0 Å². The molecule has 0 radical (unpaired) electrons. The smallest absolute Gasteiger partial charge is 0.336 e. The first kappa shape index (κ1) is 34.1. The summed E-state index contributed by atoms with van der Waals surface area (Å²) < 4.78 is 25.9. The molecule has 2 aromatic carbocycles. The van der Waals surface area contributed by atoms with Gasteiger partial charge in [-0.2, -0.15) is 8.42 Å². The summed E-state index contributed by atoms with van der Waals surface area (Å²) in [6.07, 6.45) is 0.715. The summed E-state index contributed by atoms with van der Waals surface area (Å²) in [5.41, 5.74) is 6.91. The van der Waals surface area contributed by atoms with E-state index in [1.165, 1.54) is 12.1 Å². The Balaban J connectivity index is 0.00000119. The van der Waals surface area contributed by atoms with Crippen molar-refractivity contribution in [3.05, 3.63) is 82.7 Å². The number of carbonyl (C=O) groups excluding carboxylic acids is 2. The molecule has 3 aromatic rings. The number of nitrogens with two attached hydrogens (primary N) is 1. The van der Waals surface area contributed by atoms with Crippen LogP contribution in [0.2, 0.25) is 0 Å². The molecule has 0 saturated carbocycles. The van der Waals surface area contributed by atoms with E-state index in [9.17, 15) is 37.8 Å². The number of aromatic carboxylic acids is 1. The molecular formula is C28H31N5O9S. The fraction of sp³-hybridized carbons (Fsp3) is 0.214. The Labute approximate surface area is 247 Å². The Morgan fingerprint density at radius 2 is 1.44 bits per heavy atom. The van der Waals surface area contributed by atoms with Gasteiger partial charge in [0, 0.05) is 28.1 Å². The zero-order chi connectivity index (χ0) is 32.6. The standard InChI is InChI=1S/C27H27N5O6.CH4O3S/c1-13(2)21(27(37)38)32-24(33)16-7-11-18(20(12-16)26(35)36)19-10-4-14(3)30-22(19)25(34)31-17-8-5-15(6-9-17)23(28)29;1-5(2,3)4/h4-13,21H,1-3H3,(H3,28,29)(H,31,34)(H,32,33)(H,35,36)(H,37,38);1H3,(H,2,3,4). The van der Waals surface area contributed by atoms with E-state index in [2.05, 4.69) is 15.6 Å². The number of aliphatic carboxylic acids is 1. The second-order valence-electron chi connectivity index (χ2n) is 9.63. The molecule has 0 aliphatic heterocycles. The van der Waals surface area contributed by atoms with Gasteiger partial charge < -0.3 is 26.6 Å². The Kier molecular flexibility index (Phi) is 11.2. The van der Waals surface area contributed by atoms with Crippen LogP contribution in [-0.4, -0.2) is 70.1 Å². The molecule has 0 bridgehead atoms. The van der Waals surface area contributed by atoms with Crippen molar-refractivity contribution in [1.82, 2.24) is 10.3 Å². The lowest BCUT2D eigenvalue weighted by Gasteiger charge is -2.18. The minimum atomic E-state index is -3.67. The minimum absolute atomic E-state index is 0.0360. The van der Waals surface area contributed by atoms with E-state index >= 15 is 0 Å². The minimum Gasteiger partial charge on any atom is -0.480 e. The maximum absolute atomic E-state index is 13.2. The SMILES string of the molecule is CS(=O)(=O)O.Cc1ccc(-c2ccc(C(=O)NC(C(=O)O)C(C)C)cc2C(=O)O)c(C(=O)Nc2ccc(C(=N)N)cc2)n1. The lowest BCUT2D eigenvalue weighted by Crippen LogP contribution is -2.44. The number of carbonyl (C=O) groups is 4. The van der Waals surface area contributed by atoms with Gasteiger partial charge in [0.25, 0.3) is 21.9 Å². The number of anilines is 1. The Hall–Kier alpha value is -5.15. The van der Waals surface area contributed by atoms with Crippen LogP contribution in [0.25, 0.3) is 11.1 Å². The van der Waals surface area contributed by atoms with Crippen LogP contribution in [0.1, 0.15) is 56.3 Å². The van der Waals surface area contributed by atoms with E-state index in [-0.39, 0.29) is 33.8 Å². The molecule has 14 nitrogen and oxygen atoms in total. The van der Waals surface area contributed by atoms with Crippen LogP contribution in [0.4, 0.5) is 5.69 Å². The van der Waals surface area contributed by atoms with Gasteiger partial charge >= 0.3 is 11.9 Å². The van der Waals surface area contributed by atoms with Crippen molar-refractivity contribution in [2.24, 2.45) is 11.7 Å². The summed E-state index contributed by atoms with van der Waals surface area (Å²) in [7, 11) is -3.67. The van der Waals surface area contributed by atoms with Crippen LogP contribution in [0.5, 0.6) is 0 Å². The van der Waals surface area contributed by atoms with Crippen molar-refractivity contribution < 1.29 is 42.4 Å². The van der Waals surface area contributed by atoms with Crippen LogP contribution in [0.15, 0.2) is 54.6 Å². The summed E-state index contributed by atoms with van der Waals surface area (Å²) in [6, 6.07) is 12.2. The van der Waals surface area contributed by atoms with Gasteiger partial charge in [-0.25, -0.2) is 14.6 Å². The maximum atomic E-state index is 13.2. The number of hydrogen-bond donors (Lipinski definition) is 7. The zero-order valence-corrected chi connectivity index (χ0v) is 24.4. The van der Waals surface area contributed by atoms with Crippen molar-refractivity contribution >= 4 is 45.4 Å². The van der Waals surface area contributed by atoms with Crippen molar-refractivity contribution in [3.8, 4) is 11.1 Å². The van der Waals surface area contributed by atoms with Gasteiger partial charge in [-0.05, 0) is 60.9 Å². The van der Waals surface area contributed by atoms with E-state index in [4.69, 9.17) is 15.7 Å². The second-order valence-corrected chi connectivity index (χ2v) is 11.1. The molecule has 1 atom stereocenters. The quantitative estimate of drug-likeness (QED) is 0.105. The van der Waals surface area contributed by atoms with Gasteiger partial charge in [-0.3, -0.25) is 19.6 Å². The number of nitrogens with one attached hydrogen (secondary N) is 3. The molecule has 2 amide bonds. The van der Waals surface area contributed by atoms with E-state index in [1.807, 2.05) is 0 Å². The molecule has 228 valence electrons. The monoisotopic (exact) mass is 613 g/mol. The van der Waals surface area contributed by atoms with Crippen molar-refractivity contribution in [2.45, 2.75) is 26.8 Å². The first-order valence-electron chi connectivity index (χ1n) is 12.5. The van der Waals surface area contributed by atoms with Crippen LogP contribution in [0, 0.1) is 18.3 Å². The number of carboxylic acid groups (broad SMARTS) is 2. The summed E-state index contributed by atoms with van der Waals surface area (Å²) in [5.74, 6) is -4.41. The Morgan fingerprint density at radius 1 is 0.907 bits per heavy atom. The highest BCUT2D eigenvalue weighted by Gasteiger charge is 2.26. The summed E-state index contributed by atoms with van der Waals surface area (Å²) in [5, 5.41) is 31.8. The second kappa shape index (κ2) is 14.2. The number of benzene rings is 2. The molecule has 1 aromatic heterocycles. The number of aromatic nitrogens is 1. The highest BCUT2D eigenvalue weighted by atomic mass is 32.2. The average Bonchev–Trinajstić information content (AvgIpc) is 2.90. The number of rotatable bonds is 9. The van der Waals surface area contributed by atoms with Gasteiger partial charge in [0.2, 0.25) is 0 Å². The number of amides is 2. The molecule has 0 saturated heterocycles. The molecule has 3 rings (SSSR count). The first-order valence-corrected chi connectivity index (χ1v) is 14.3. The van der Waals surface area contributed by atoms with Crippen LogP contribution in [-0.2, 0) is 14.9 Å². The number of aryl methyl sites for hydroxylation is 1. The van der Waals surface area contributed by atoms with E-state index in [1.54, 1.807) is 57.2 Å². The van der Waals surface area contributed by atoms with Gasteiger partial charge in [-0.15, -0.1) is 0 Å². The molecule has 0 fully saturated rings. The highest BCUT2D eigenvalue weighted by molar-refractivity contribution is 7.85. The fourth-order valence-corrected chi connectivity index (χ4v) is 3.71. The molecule has 15 heteroatoms. The number of amidine groups is 1. The Bertz CT molecular complexity index is 1660. The zero-order valence-electron chi connectivity index (χ0n) is 23.6. The van der Waals surface area contributed by atoms with Gasteiger partial charge in [0.1, 0.15) is 17.6 Å². The molecule has 0 aliphatic rings. The van der Waals surface area contributed by atoms with E-state index in [0.717, 1.165) is 6.07 Å². The summed E-state index contributed by atoms with van der Waals surface area (Å²) in [4.78, 5) is 53.8. The molecular weight excluding hydrogens is 582 g/mol. The third-order valence-corrected chi connectivity index (χ3v) is 5.72. The third kappa shape index (κ3) is 10.0.